The Hall–Kier alpha value is 0.0300. The molecule has 0 radical (unpaired) electrons. The maximum absolute atomic E-state index is 12.0. The van der Waals surface area contributed by atoms with E-state index in [2.05, 4.69) is 10.6 Å². The average molecular weight is 266 g/mol. The van der Waals surface area contributed by atoms with E-state index in [4.69, 9.17) is 12.2 Å². The van der Waals surface area contributed by atoms with Crippen molar-refractivity contribution >= 4 is 29.1 Å². The Labute approximate surface area is 131 Å². The van der Waals surface area contributed by atoms with Crippen LogP contribution < -0.4 is 40.2 Å². The Morgan fingerprint density at radius 1 is 1.29 bits per heavy atom. The normalized spacial score (nSPS) is 20.1. The van der Waals surface area contributed by atoms with Gasteiger partial charge in [0, 0.05) is 0 Å². The summed E-state index contributed by atoms with van der Waals surface area (Å²) in [5, 5.41) is 5.22. The van der Waals surface area contributed by atoms with E-state index in [9.17, 15) is 9.59 Å². The van der Waals surface area contributed by atoms with Crippen molar-refractivity contribution in [2.45, 2.75) is 40.0 Å². The van der Waals surface area contributed by atoms with Crippen LogP contribution in [0.3, 0.4) is 0 Å². The number of carbonyl (C=O) groups is 2. The van der Waals surface area contributed by atoms with Gasteiger partial charge in [0.25, 0.3) is 0 Å². The van der Waals surface area contributed by atoms with E-state index in [1.165, 1.54) is 0 Å². The van der Waals surface area contributed by atoms with Crippen LogP contribution in [0.15, 0.2) is 0 Å². The molecule has 0 aromatic heterocycles. The summed E-state index contributed by atoms with van der Waals surface area (Å²) in [6.07, 6.45) is 2.30. The second-order valence-corrected chi connectivity index (χ2v) is 4.66. The molecule has 1 aliphatic heterocycles. The standard InChI is InChI=1S/C11H18N2O2S.Na.H/c1-4-6-7(3)11(5-2)8(14)12-10(16)13-9(11)15;;/h7H,4-6H2,1-3H3,(H2,12,13,14,15,16);;/q;+1;-1. The van der Waals surface area contributed by atoms with Gasteiger partial charge in [-0.3, -0.25) is 9.59 Å². The van der Waals surface area contributed by atoms with Crippen molar-refractivity contribution in [1.82, 2.24) is 10.6 Å². The molecule has 2 N–H and O–H groups in total. The van der Waals surface area contributed by atoms with Gasteiger partial charge in [0.15, 0.2) is 5.11 Å². The molecule has 1 aliphatic rings. The molecule has 1 atom stereocenters. The largest absolute Gasteiger partial charge is 1.00 e. The summed E-state index contributed by atoms with van der Waals surface area (Å²) >= 11 is 4.80. The van der Waals surface area contributed by atoms with Gasteiger partial charge in [0.1, 0.15) is 5.41 Å². The Bertz CT molecular complexity index is 319. The van der Waals surface area contributed by atoms with Crippen LogP contribution in [0.2, 0.25) is 0 Å². The average Bonchev–Trinajstić information content (AvgIpc) is 2.18. The second kappa shape index (κ2) is 6.83. The topological polar surface area (TPSA) is 58.2 Å². The fourth-order valence-corrected chi connectivity index (χ4v) is 2.55. The maximum atomic E-state index is 12.0. The van der Waals surface area contributed by atoms with Gasteiger partial charge in [-0.05, 0) is 31.0 Å². The van der Waals surface area contributed by atoms with Crippen molar-refractivity contribution in [3.05, 3.63) is 0 Å². The number of amides is 2. The van der Waals surface area contributed by atoms with Crippen molar-refractivity contribution in [1.29, 1.82) is 0 Å². The van der Waals surface area contributed by atoms with E-state index >= 15 is 0 Å². The number of nitrogens with one attached hydrogen (secondary N) is 2. The number of hydrogen-bond donors (Lipinski definition) is 2. The van der Waals surface area contributed by atoms with Gasteiger partial charge in [-0.1, -0.05) is 27.2 Å². The van der Waals surface area contributed by atoms with Crippen molar-refractivity contribution in [2.75, 3.05) is 0 Å². The van der Waals surface area contributed by atoms with Crippen LogP contribution in [-0.4, -0.2) is 16.9 Å². The zero-order valence-corrected chi connectivity index (χ0v) is 13.7. The minimum absolute atomic E-state index is 0. The van der Waals surface area contributed by atoms with Crippen molar-refractivity contribution in [3.8, 4) is 0 Å². The molecule has 1 heterocycles. The molecule has 92 valence electrons. The van der Waals surface area contributed by atoms with Crippen LogP contribution in [-0.2, 0) is 9.59 Å². The SMILES string of the molecule is CCCC(C)C1(CC)C(=O)NC(=S)NC1=O.[H-].[Na+]. The molecule has 1 saturated heterocycles. The molecular weight excluding hydrogens is 247 g/mol. The van der Waals surface area contributed by atoms with Gasteiger partial charge in [0.05, 0.1) is 0 Å². The first-order chi connectivity index (χ1) is 7.48. The zero-order valence-electron chi connectivity index (χ0n) is 11.9. The fourth-order valence-electron chi connectivity index (χ4n) is 2.36. The van der Waals surface area contributed by atoms with Gasteiger partial charge < -0.3 is 12.1 Å². The minimum Gasteiger partial charge on any atom is -1.00 e. The smallest absolute Gasteiger partial charge is 1.00 e. The fraction of sp³-hybridized carbons (Fsp3) is 0.727. The van der Waals surface area contributed by atoms with Crippen molar-refractivity contribution in [2.24, 2.45) is 11.3 Å². The summed E-state index contributed by atoms with van der Waals surface area (Å²) in [5.41, 5.74) is -0.960. The molecule has 1 fully saturated rings. The molecular formula is C11H19N2NaO2S. The minimum atomic E-state index is -0.960. The quantitative estimate of drug-likeness (QED) is 0.369. The Morgan fingerprint density at radius 3 is 2.12 bits per heavy atom. The summed E-state index contributed by atoms with van der Waals surface area (Å²) in [4.78, 5) is 24.0. The van der Waals surface area contributed by atoms with Crippen LogP contribution >= 0.6 is 12.2 Å². The van der Waals surface area contributed by atoms with Crippen LogP contribution in [0.4, 0.5) is 0 Å². The molecule has 17 heavy (non-hydrogen) atoms. The number of hydrogen-bond acceptors (Lipinski definition) is 3. The molecule has 0 bridgehead atoms. The zero-order chi connectivity index (χ0) is 12.3. The molecule has 6 heteroatoms. The van der Waals surface area contributed by atoms with Crippen LogP contribution in [0.25, 0.3) is 0 Å². The molecule has 0 spiro atoms. The summed E-state index contributed by atoms with van der Waals surface area (Å²) in [7, 11) is 0. The Morgan fingerprint density at radius 2 is 1.76 bits per heavy atom. The van der Waals surface area contributed by atoms with E-state index in [0.29, 0.717) is 6.42 Å². The molecule has 2 amide bonds. The molecule has 0 aromatic carbocycles. The summed E-state index contributed by atoms with van der Waals surface area (Å²) in [6, 6.07) is 0. The monoisotopic (exact) mass is 266 g/mol. The molecule has 0 saturated carbocycles. The molecule has 1 rings (SSSR count). The first-order valence-electron chi connectivity index (χ1n) is 5.65. The first kappa shape index (κ1) is 17.0. The predicted octanol–water partition coefficient (Wildman–Crippen LogP) is -1.53. The maximum Gasteiger partial charge on any atom is 1.00 e. The van der Waals surface area contributed by atoms with Gasteiger partial charge in [-0.15, -0.1) is 0 Å². The molecule has 0 aromatic rings. The number of carbonyl (C=O) groups excluding carboxylic acids is 2. The van der Waals surface area contributed by atoms with Gasteiger partial charge in [0.2, 0.25) is 11.8 Å². The van der Waals surface area contributed by atoms with Crippen molar-refractivity contribution < 1.29 is 40.6 Å². The molecule has 1 unspecified atom stereocenters. The second-order valence-electron chi connectivity index (χ2n) is 4.25. The third-order valence-corrected chi connectivity index (χ3v) is 3.59. The summed E-state index contributed by atoms with van der Waals surface area (Å²) in [5.74, 6) is -0.500. The third kappa shape index (κ3) is 3.08. The summed E-state index contributed by atoms with van der Waals surface area (Å²) < 4.78 is 0. The van der Waals surface area contributed by atoms with Crippen LogP contribution in [0, 0.1) is 11.3 Å². The third-order valence-electron chi connectivity index (χ3n) is 3.39. The van der Waals surface area contributed by atoms with Gasteiger partial charge in [-0.2, -0.15) is 0 Å². The van der Waals surface area contributed by atoms with Gasteiger partial charge >= 0.3 is 29.6 Å². The predicted molar refractivity (Wildman–Crippen MR) is 66.8 cm³/mol. The van der Waals surface area contributed by atoms with E-state index in [-0.39, 0.29) is 53.8 Å². The van der Waals surface area contributed by atoms with E-state index in [0.717, 1.165) is 12.8 Å². The number of thiocarbonyl (C=S) groups is 1. The molecule has 0 aliphatic carbocycles. The van der Waals surface area contributed by atoms with Crippen molar-refractivity contribution in [3.63, 3.8) is 0 Å². The Kier molecular flexibility index (Phi) is 6.84. The van der Waals surface area contributed by atoms with E-state index < -0.39 is 5.41 Å². The van der Waals surface area contributed by atoms with Gasteiger partial charge in [-0.25, -0.2) is 0 Å². The Balaban J connectivity index is 0. The van der Waals surface area contributed by atoms with Crippen LogP contribution in [0.5, 0.6) is 0 Å². The summed E-state index contributed by atoms with van der Waals surface area (Å²) in [6.45, 7) is 5.85. The van der Waals surface area contributed by atoms with E-state index in [1.54, 1.807) is 0 Å². The number of rotatable bonds is 4. The van der Waals surface area contributed by atoms with E-state index in [1.807, 2.05) is 20.8 Å². The first-order valence-corrected chi connectivity index (χ1v) is 6.06. The van der Waals surface area contributed by atoms with Crippen LogP contribution in [0.1, 0.15) is 41.5 Å². The molecule has 4 nitrogen and oxygen atoms in total.